The van der Waals surface area contributed by atoms with Gasteiger partial charge in [-0.15, -0.1) is 0 Å². The van der Waals surface area contributed by atoms with Gasteiger partial charge in [-0.3, -0.25) is 4.98 Å². The minimum atomic E-state index is 0.466. The average molecular weight is 337 g/mol. The monoisotopic (exact) mass is 336 g/mol. The Morgan fingerprint density at radius 3 is 2.60 bits per heavy atom. The first kappa shape index (κ1) is 14.8. The molecule has 0 aliphatic rings. The molecule has 2 rings (SSSR count). The molecule has 0 radical (unpaired) electrons. The Morgan fingerprint density at radius 1 is 1.20 bits per heavy atom. The summed E-state index contributed by atoms with van der Waals surface area (Å²) >= 11 is 3.52. The molecule has 1 aromatic carbocycles. The second-order valence-electron chi connectivity index (χ2n) is 4.29. The second-order valence-corrected chi connectivity index (χ2v) is 5.15. The highest BCUT2D eigenvalue weighted by molar-refractivity contribution is 9.10. The van der Waals surface area contributed by atoms with Gasteiger partial charge < -0.3 is 15.2 Å². The summed E-state index contributed by atoms with van der Waals surface area (Å²) < 4.78 is 12.1. The van der Waals surface area contributed by atoms with Gasteiger partial charge in [0, 0.05) is 12.4 Å². The van der Waals surface area contributed by atoms with E-state index in [0.717, 1.165) is 22.0 Å². The van der Waals surface area contributed by atoms with E-state index in [1.807, 2.05) is 24.3 Å². The normalized spacial score (nSPS) is 10.3. The van der Waals surface area contributed by atoms with E-state index < -0.39 is 0 Å². The number of benzene rings is 1. The standard InChI is InChI=1S/C15H17BrN2O2/c1-19-14-9-12(2-5-17)8-13(16)15(14)20-10-11-3-6-18-7-4-11/h3-4,6-9H,2,5,10,17H2,1H3. The molecule has 1 aromatic heterocycles. The Bertz CT molecular complexity index is 561. The molecule has 0 saturated carbocycles. The van der Waals surface area contributed by atoms with E-state index >= 15 is 0 Å². The summed E-state index contributed by atoms with van der Waals surface area (Å²) in [6, 6.07) is 7.81. The van der Waals surface area contributed by atoms with Crippen LogP contribution in [0.2, 0.25) is 0 Å². The van der Waals surface area contributed by atoms with Crippen LogP contribution in [0, 0.1) is 0 Å². The molecule has 0 unspecified atom stereocenters. The van der Waals surface area contributed by atoms with Crippen molar-refractivity contribution in [2.24, 2.45) is 5.73 Å². The quantitative estimate of drug-likeness (QED) is 0.881. The number of methoxy groups -OCH3 is 1. The molecule has 20 heavy (non-hydrogen) atoms. The van der Waals surface area contributed by atoms with Crippen LogP contribution in [0.4, 0.5) is 0 Å². The molecule has 2 N–H and O–H groups in total. The molecule has 0 aliphatic carbocycles. The molecule has 4 nitrogen and oxygen atoms in total. The Labute approximate surface area is 127 Å². The van der Waals surface area contributed by atoms with Crippen LogP contribution in [0.25, 0.3) is 0 Å². The van der Waals surface area contributed by atoms with E-state index in [9.17, 15) is 0 Å². The van der Waals surface area contributed by atoms with Gasteiger partial charge in [-0.1, -0.05) is 0 Å². The van der Waals surface area contributed by atoms with Gasteiger partial charge in [-0.05, 0) is 64.3 Å². The number of hydrogen-bond donors (Lipinski definition) is 1. The summed E-state index contributed by atoms with van der Waals surface area (Å²) in [5.74, 6) is 1.40. The molecule has 106 valence electrons. The van der Waals surface area contributed by atoms with Gasteiger partial charge in [-0.25, -0.2) is 0 Å². The third-order valence-electron chi connectivity index (χ3n) is 2.85. The zero-order valence-corrected chi connectivity index (χ0v) is 12.9. The number of ether oxygens (including phenoxy) is 2. The first-order valence-corrected chi connectivity index (χ1v) is 7.12. The zero-order chi connectivity index (χ0) is 14.4. The van der Waals surface area contributed by atoms with E-state index in [1.54, 1.807) is 19.5 Å². The van der Waals surface area contributed by atoms with Crippen LogP contribution in [0.3, 0.4) is 0 Å². The third-order valence-corrected chi connectivity index (χ3v) is 3.44. The SMILES string of the molecule is COc1cc(CCN)cc(Br)c1OCc1ccncc1. The van der Waals surface area contributed by atoms with Crippen molar-refractivity contribution in [3.05, 3.63) is 52.3 Å². The number of pyridine rings is 1. The molecule has 0 atom stereocenters. The first-order chi connectivity index (χ1) is 9.74. The van der Waals surface area contributed by atoms with Crippen molar-refractivity contribution in [2.75, 3.05) is 13.7 Å². The Balaban J connectivity index is 2.18. The largest absolute Gasteiger partial charge is 0.493 e. The first-order valence-electron chi connectivity index (χ1n) is 6.32. The van der Waals surface area contributed by atoms with E-state index in [1.165, 1.54) is 0 Å². The van der Waals surface area contributed by atoms with Gasteiger partial charge in [-0.2, -0.15) is 0 Å². The third kappa shape index (κ3) is 3.71. The number of nitrogens with zero attached hydrogens (tertiary/aromatic N) is 1. The highest BCUT2D eigenvalue weighted by Gasteiger charge is 2.11. The number of rotatable bonds is 6. The van der Waals surface area contributed by atoms with Gasteiger partial charge in [0.05, 0.1) is 11.6 Å². The molecule has 0 saturated heterocycles. The molecular weight excluding hydrogens is 320 g/mol. The highest BCUT2D eigenvalue weighted by atomic mass is 79.9. The summed E-state index contributed by atoms with van der Waals surface area (Å²) in [4.78, 5) is 3.98. The number of halogens is 1. The number of hydrogen-bond acceptors (Lipinski definition) is 4. The van der Waals surface area contributed by atoms with E-state index in [-0.39, 0.29) is 0 Å². The molecule has 2 aromatic rings. The molecule has 0 amide bonds. The van der Waals surface area contributed by atoms with Crippen LogP contribution in [0.1, 0.15) is 11.1 Å². The smallest absolute Gasteiger partial charge is 0.175 e. The second kappa shape index (κ2) is 7.26. The van der Waals surface area contributed by atoms with Gasteiger partial charge in [0.2, 0.25) is 0 Å². The van der Waals surface area contributed by atoms with Gasteiger partial charge in [0.15, 0.2) is 11.5 Å². The van der Waals surface area contributed by atoms with Crippen LogP contribution in [-0.4, -0.2) is 18.6 Å². The van der Waals surface area contributed by atoms with Crippen LogP contribution in [0.5, 0.6) is 11.5 Å². The number of nitrogens with two attached hydrogens (primary N) is 1. The minimum Gasteiger partial charge on any atom is -0.493 e. The van der Waals surface area contributed by atoms with Crippen LogP contribution in [-0.2, 0) is 13.0 Å². The van der Waals surface area contributed by atoms with Crippen molar-refractivity contribution in [2.45, 2.75) is 13.0 Å². The van der Waals surface area contributed by atoms with E-state index in [4.69, 9.17) is 15.2 Å². The summed E-state index contributed by atoms with van der Waals surface area (Å²) in [5, 5.41) is 0. The van der Waals surface area contributed by atoms with E-state index in [2.05, 4.69) is 20.9 Å². The van der Waals surface area contributed by atoms with Crippen molar-refractivity contribution in [3.63, 3.8) is 0 Å². The predicted molar refractivity (Wildman–Crippen MR) is 82.0 cm³/mol. The fourth-order valence-electron chi connectivity index (χ4n) is 1.86. The maximum atomic E-state index is 5.85. The van der Waals surface area contributed by atoms with Crippen molar-refractivity contribution in [1.29, 1.82) is 0 Å². The Morgan fingerprint density at radius 2 is 1.95 bits per heavy atom. The van der Waals surface area contributed by atoms with Gasteiger partial charge in [0.25, 0.3) is 0 Å². The Kier molecular flexibility index (Phi) is 5.38. The molecule has 0 aliphatic heterocycles. The maximum absolute atomic E-state index is 5.85. The zero-order valence-electron chi connectivity index (χ0n) is 11.3. The summed E-state index contributed by atoms with van der Waals surface area (Å²) in [6.07, 6.45) is 4.30. The van der Waals surface area contributed by atoms with Crippen LogP contribution in [0.15, 0.2) is 41.1 Å². The minimum absolute atomic E-state index is 0.466. The Hall–Kier alpha value is -1.59. The lowest BCUT2D eigenvalue weighted by Gasteiger charge is -2.14. The highest BCUT2D eigenvalue weighted by Crippen LogP contribution is 2.37. The average Bonchev–Trinajstić information content (AvgIpc) is 2.47. The molecule has 0 bridgehead atoms. The van der Waals surface area contributed by atoms with Crippen molar-refractivity contribution < 1.29 is 9.47 Å². The van der Waals surface area contributed by atoms with Crippen molar-refractivity contribution in [1.82, 2.24) is 4.98 Å². The van der Waals surface area contributed by atoms with Crippen molar-refractivity contribution >= 4 is 15.9 Å². The molecule has 1 heterocycles. The van der Waals surface area contributed by atoms with E-state index in [0.29, 0.717) is 24.7 Å². The topological polar surface area (TPSA) is 57.4 Å². The predicted octanol–water partition coefficient (Wildman–Crippen LogP) is 2.93. The van der Waals surface area contributed by atoms with Crippen molar-refractivity contribution in [3.8, 4) is 11.5 Å². The van der Waals surface area contributed by atoms with Gasteiger partial charge >= 0.3 is 0 Å². The summed E-state index contributed by atoms with van der Waals surface area (Å²) in [7, 11) is 1.63. The van der Waals surface area contributed by atoms with Crippen LogP contribution < -0.4 is 15.2 Å². The molecular formula is C15H17BrN2O2. The maximum Gasteiger partial charge on any atom is 0.175 e. The lowest BCUT2D eigenvalue weighted by atomic mass is 10.1. The molecule has 0 spiro atoms. The molecule has 5 heteroatoms. The fraction of sp³-hybridized carbons (Fsp3) is 0.267. The molecule has 0 fully saturated rings. The summed E-state index contributed by atoms with van der Waals surface area (Å²) in [6.45, 7) is 1.07. The van der Waals surface area contributed by atoms with Crippen LogP contribution >= 0.6 is 15.9 Å². The fourth-order valence-corrected chi connectivity index (χ4v) is 2.46. The van der Waals surface area contributed by atoms with Gasteiger partial charge in [0.1, 0.15) is 6.61 Å². The number of aromatic nitrogens is 1. The lowest BCUT2D eigenvalue weighted by Crippen LogP contribution is -2.04. The summed E-state index contributed by atoms with van der Waals surface area (Å²) in [5.41, 5.74) is 7.76. The lowest BCUT2D eigenvalue weighted by molar-refractivity contribution is 0.282.